The van der Waals surface area contributed by atoms with Crippen LogP contribution in [0.2, 0.25) is 0 Å². The highest BCUT2D eigenvalue weighted by molar-refractivity contribution is 5.84. The summed E-state index contributed by atoms with van der Waals surface area (Å²) in [6, 6.07) is 9.44. The van der Waals surface area contributed by atoms with Crippen molar-refractivity contribution in [2.24, 2.45) is 5.41 Å². The number of rotatable bonds is 6. The molecule has 1 aromatic rings. The molecule has 1 heterocycles. The number of Topliss-reactive ketones (excluding diaryl/α,β-unsaturated/α-hetero) is 1. The van der Waals surface area contributed by atoms with E-state index in [-0.39, 0.29) is 11.9 Å². The lowest BCUT2D eigenvalue weighted by Crippen LogP contribution is -2.43. The van der Waals surface area contributed by atoms with Gasteiger partial charge >= 0.3 is 0 Å². The summed E-state index contributed by atoms with van der Waals surface area (Å²) in [5, 5.41) is 9.26. The average molecular weight is 327 g/mol. The van der Waals surface area contributed by atoms with Crippen molar-refractivity contribution in [1.82, 2.24) is 0 Å². The van der Waals surface area contributed by atoms with E-state index in [2.05, 4.69) is 6.07 Å². The molecule has 0 aromatic heterocycles. The number of ether oxygens (including phenoxy) is 2. The van der Waals surface area contributed by atoms with Gasteiger partial charge in [-0.3, -0.25) is 4.79 Å². The zero-order chi connectivity index (χ0) is 17.6. The number of benzene rings is 1. The van der Waals surface area contributed by atoms with E-state index in [4.69, 9.17) is 9.47 Å². The second kappa shape index (κ2) is 8.23. The molecule has 4 heteroatoms. The topological polar surface area (TPSA) is 59.3 Å². The lowest BCUT2D eigenvalue weighted by atomic mass is 9.78. The number of nitriles is 1. The summed E-state index contributed by atoms with van der Waals surface area (Å²) >= 11 is 0. The predicted octanol–water partition coefficient (Wildman–Crippen LogP) is 4.31. The van der Waals surface area contributed by atoms with Crippen molar-refractivity contribution < 1.29 is 14.3 Å². The van der Waals surface area contributed by atoms with E-state index in [0.717, 1.165) is 12.0 Å². The van der Waals surface area contributed by atoms with Crippen LogP contribution in [0, 0.1) is 16.7 Å². The third-order valence-corrected chi connectivity index (χ3v) is 4.57. The number of carbonyl (C=O) groups excluding carboxylic acids is 1. The fourth-order valence-electron chi connectivity index (χ4n) is 2.92. The zero-order valence-corrected chi connectivity index (χ0v) is 14.6. The minimum atomic E-state index is -0.595. The summed E-state index contributed by atoms with van der Waals surface area (Å²) in [6.07, 6.45) is 5.09. The fourth-order valence-corrected chi connectivity index (χ4v) is 2.92. The number of ketones is 1. The van der Waals surface area contributed by atoms with Crippen LogP contribution in [-0.2, 0) is 14.3 Å². The van der Waals surface area contributed by atoms with Gasteiger partial charge in [0.25, 0.3) is 0 Å². The molecule has 1 aliphatic rings. The monoisotopic (exact) mass is 327 g/mol. The van der Waals surface area contributed by atoms with E-state index in [1.165, 1.54) is 0 Å². The van der Waals surface area contributed by atoms with Crippen molar-refractivity contribution in [2.75, 3.05) is 6.61 Å². The van der Waals surface area contributed by atoms with Crippen molar-refractivity contribution in [1.29, 1.82) is 5.26 Å². The van der Waals surface area contributed by atoms with Crippen LogP contribution in [0.3, 0.4) is 0 Å². The van der Waals surface area contributed by atoms with Gasteiger partial charge in [-0.1, -0.05) is 44.2 Å². The Bertz CT molecular complexity index is 643. The summed E-state index contributed by atoms with van der Waals surface area (Å²) in [6.45, 7) is 6.34. The molecule has 1 fully saturated rings. The third kappa shape index (κ3) is 4.11. The van der Waals surface area contributed by atoms with E-state index < -0.39 is 11.7 Å². The summed E-state index contributed by atoms with van der Waals surface area (Å²) in [7, 11) is 0. The highest BCUT2D eigenvalue weighted by Gasteiger charge is 2.40. The van der Waals surface area contributed by atoms with Gasteiger partial charge in [-0.25, -0.2) is 0 Å². The van der Waals surface area contributed by atoms with Crippen LogP contribution < -0.4 is 0 Å². The second-order valence-electron chi connectivity index (χ2n) is 6.57. The van der Waals surface area contributed by atoms with Crippen LogP contribution in [0.15, 0.2) is 36.4 Å². The van der Waals surface area contributed by atoms with Gasteiger partial charge in [0.15, 0.2) is 6.29 Å². The quantitative estimate of drug-likeness (QED) is 0.730. The first-order valence-electron chi connectivity index (χ1n) is 8.41. The highest BCUT2D eigenvalue weighted by atomic mass is 16.7. The van der Waals surface area contributed by atoms with E-state index in [1.807, 2.05) is 51.1 Å². The molecule has 1 saturated heterocycles. The Morgan fingerprint density at radius 1 is 1.42 bits per heavy atom. The van der Waals surface area contributed by atoms with Crippen molar-refractivity contribution in [3.05, 3.63) is 47.5 Å². The minimum absolute atomic E-state index is 0.194. The number of hydrogen-bond acceptors (Lipinski definition) is 4. The molecule has 2 rings (SSSR count). The molecule has 1 unspecified atom stereocenters. The van der Waals surface area contributed by atoms with Crippen molar-refractivity contribution in [2.45, 2.75) is 52.4 Å². The van der Waals surface area contributed by atoms with Crippen LogP contribution in [0.4, 0.5) is 0 Å². The molecule has 0 amide bonds. The molecule has 128 valence electrons. The van der Waals surface area contributed by atoms with Gasteiger partial charge in [0.2, 0.25) is 0 Å². The lowest BCUT2D eigenvalue weighted by molar-refractivity contribution is -0.238. The van der Waals surface area contributed by atoms with Gasteiger partial charge in [-0.05, 0) is 25.8 Å². The largest absolute Gasteiger partial charge is 0.348 e. The molecule has 0 saturated carbocycles. The average Bonchev–Trinajstić information content (AvgIpc) is 2.61. The van der Waals surface area contributed by atoms with Gasteiger partial charge < -0.3 is 9.47 Å². The number of allylic oxidation sites excluding steroid dienone is 2. The van der Waals surface area contributed by atoms with Crippen molar-refractivity contribution in [3.8, 4) is 6.07 Å². The molecule has 2 atom stereocenters. The Balaban J connectivity index is 2.12. The Morgan fingerprint density at radius 3 is 2.88 bits per heavy atom. The molecule has 24 heavy (non-hydrogen) atoms. The standard InChI is InChI=1S/C20H25NO3/c1-4-5-6-11-17(22)20(2,3)18-12-13-23-19(24-18)16-10-8-7-9-15(16)14-21/h4-5,7-10,18-19H,6,11-13H2,1-3H3/t18-,19?/m0/s1. The summed E-state index contributed by atoms with van der Waals surface area (Å²) in [5.41, 5.74) is 0.688. The normalized spacial score (nSPS) is 21.6. The molecule has 0 N–H and O–H groups in total. The molecular formula is C20H25NO3. The highest BCUT2D eigenvalue weighted by Crippen LogP contribution is 2.37. The SMILES string of the molecule is CC=CCCC(=O)C(C)(C)[C@@H]1CCOC(c2ccccc2C#N)O1. The van der Waals surface area contributed by atoms with Gasteiger partial charge in [0.1, 0.15) is 5.78 Å². The maximum Gasteiger partial charge on any atom is 0.185 e. The molecule has 0 spiro atoms. The predicted molar refractivity (Wildman–Crippen MR) is 92.2 cm³/mol. The van der Waals surface area contributed by atoms with Crippen molar-refractivity contribution in [3.63, 3.8) is 0 Å². The maximum atomic E-state index is 12.6. The zero-order valence-electron chi connectivity index (χ0n) is 14.6. The lowest BCUT2D eigenvalue weighted by Gasteiger charge is -2.39. The third-order valence-electron chi connectivity index (χ3n) is 4.57. The summed E-state index contributed by atoms with van der Waals surface area (Å²) in [4.78, 5) is 12.6. The Morgan fingerprint density at radius 2 is 2.17 bits per heavy atom. The van der Waals surface area contributed by atoms with Crippen LogP contribution >= 0.6 is 0 Å². The minimum Gasteiger partial charge on any atom is -0.348 e. The van der Waals surface area contributed by atoms with E-state index in [1.54, 1.807) is 6.07 Å². The van der Waals surface area contributed by atoms with Gasteiger partial charge in [-0.2, -0.15) is 5.26 Å². The molecular weight excluding hydrogens is 302 g/mol. The maximum absolute atomic E-state index is 12.6. The van der Waals surface area contributed by atoms with Gasteiger partial charge in [0, 0.05) is 17.4 Å². The van der Waals surface area contributed by atoms with E-state index in [9.17, 15) is 10.1 Å². The first-order chi connectivity index (χ1) is 11.5. The van der Waals surface area contributed by atoms with Crippen LogP contribution in [0.1, 0.15) is 57.5 Å². The molecule has 0 aliphatic carbocycles. The molecule has 0 radical (unpaired) electrons. The van der Waals surface area contributed by atoms with Crippen molar-refractivity contribution >= 4 is 5.78 Å². The molecule has 4 nitrogen and oxygen atoms in total. The molecule has 1 aliphatic heterocycles. The fraction of sp³-hybridized carbons (Fsp3) is 0.500. The summed E-state index contributed by atoms with van der Waals surface area (Å²) < 4.78 is 11.8. The Kier molecular flexibility index (Phi) is 6.30. The molecule has 0 bridgehead atoms. The van der Waals surface area contributed by atoms with E-state index >= 15 is 0 Å². The first-order valence-corrected chi connectivity index (χ1v) is 8.41. The van der Waals surface area contributed by atoms with Gasteiger partial charge in [0.05, 0.1) is 24.3 Å². The Labute approximate surface area is 144 Å². The number of nitrogens with zero attached hydrogens (tertiary/aromatic N) is 1. The second-order valence-corrected chi connectivity index (χ2v) is 6.57. The first kappa shape index (κ1) is 18.4. The number of carbonyl (C=O) groups is 1. The van der Waals surface area contributed by atoms with Crippen LogP contribution in [0.25, 0.3) is 0 Å². The molecule has 1 aromatic carbocycles. The number of hydrogen-bond donors (Lipinski definition) is 0. The van der Waals surface area contributed by atoms with E-state index in [0.29, 0.717) is 25.0 Å². The summed E-state index contributed by atoms with van der Waals surface area (Å²) in [5.74, 6) is 0.194. The van der Waals surface area contributed by atoms with Crippen LogP contribution in [0.5, 0.6) is 0 Å². The smallest absolute Gasteiger partial charge is 0.185 e. The van der Waals surface area contributed by atoms with Crippen LogP contribution in [-0.4, -0.2) is 18.5 Å². The van der Waals surface area contributed by atoms with Gasteiger partial charge in [-0.15, -0.1) is 0 Å². The Hall–Kier alpha value is -1.96.